The van der Waals surface area contributed by atoms with Crippen LogP contribution in [0, 0.1) is 5.92 Å². The normalized spacial score (nSPS) is 9.90. The molecule has 1 heteroatoms. The molecular weight excluding hydrogens is 124 g/mol. The smallest absolute Gasteiger partial charge is 0.136 e. The monoisotopic (exact) mass is 140 g/mol. The molecule has 0 heterocycles. The number of allylic oxidation sites excluding steroid dienone is 1. The SMILES string of the molecule is C=CCC(=O)CCC(C)C. The fraction of sp³-hybridized carbons (Fsp3) is 0.667. The highest BCUT2D eigenvalue weighted by atomic mass is 16.1. The maximum atomic E-state index is 10.9. The molecule has 0 saturated carbocycles. The Morgan fingerprint density at radius 3 is 2.60 bits per heavy atom. The highest BCUT2D eigenvalue weighted by Crippen LogP contribution is 2.05. The number of carbonyl (C=O) groups excluding carboxylic acids is 1. The average Bonchev–Trinajstić information content (AvgIpc) is 1.85. The fourth-order valence-electron chi connectivity index (χ4n) is 0.713. The highest BCUT2D eigenvalue weighted by Gasteiger charge is 2.00. The topological polar surface area (TPSA) is 17.1 Å². The molecule has 0 aliphatic heterocycles. The lowest BCUT2D eigenvalue weighted by Crippen LogP contribution is -1.98. The molecule has 1 nitrogen and oxygen atoms in total. The average molecular weight is 140 g/mol. The van der Waals surface area contributed by atoms with E-state index in [-0.39, 0.29) is 0 Å². The van der Waals surface area contributed by atoms with Gasteiger partial charge in [-0.3, -0.25) is 4.79 Å². The Morgan fingerprint density at radius 2 is 2.20 bits per heavy atom. The Hall–Kier alpha value is -0.590. The summed E-state index contributed by atoms with van der Waals surface area (Å²) < 4.78 is 0. The van der Waals surface area contributed by atoms with Gasteiger partial charge in [-0.25, -0.2) is 0 Å². The first-order valence-corrected chi connectivity index (χ1v) is 3.79. The molecule has 0 radical (unpaired) electrons. The highest BCUT2D eigenvalue weighted by molar-refractivity contribution is 5.79. The molecule has 0 aliphatic rings. The largest absolute Gasteiger partial charge is 0.299 e. The van der Waals surface area contributed by atoms with Gasteiger partial charge in [0.25, 0.3) is 0 Å². The Labute approximate surface area is 63.1 Å². The molecule has 0 unspecified atom stereocenters. The lowest BCUT2D eigenvalue weighted by Gasteiger charge is -2.00. The first-order chi connectivity index (χ1) is 4.66. The number of hydrogen-bond acceptors (Lipinski definition) is 1. The third kappa shape index (κ3) is 5.54. The van der Waals surface area contributed by atoms with Crippen molar-refractivity contribution in [2.24, 2.45) is 5.92 Å². The van der Waals surface area contributed by atoms with E-state index in [4.69, 9.17) is 0 Å². The zero-order valence-electron chi connectivity index (χ0n) is 6.89. The number of rotatable bonds is 5. The third-order valence-electron chi connectivity index (χ3n) is 1.37. The number of Topliss-reactive ketones (excluding diaryl/α,β-unsaturated/α-hetero) is 1. The minimum absolute atomic E-state index is 0.309. The fourth-order valence-corrected chi connectivity index (χ4v) is 0.713. The standard InChI is InChI=1S/C9H16O/c1-4-5-9(10)7-6-8(2)3/h4,8H,1,5-7H2,2-3H3. The molecular formula is C9H16O. The molecule has 0 amide bonds. The van der Waals surface area contributed by atoms with Gasteiger partial charge < -0.3 is 0 Å². The summed E-state index contributed by atoms with van der Waals surface area (Å²) >= 11 is 0. The van der Waals surface area contributed by atoms with Crippen molar-refractivity contribution in [1.82, 2.24) is 0 Å². The lowest BCUT2D eigenvalue weighted by molar-refractivity contribution is -0.118. The van der Waals surface area contributed by atoms with Crippen LogP contribution in [0.4, 0.5) is 0 Å². The van der Waals surface area contributed by atoms with Crippen molar-refractivity contribution >= 4 is 5.78 Å². The van der Waals surface area contributed by atoms with Crippen molar-refractivity contribution in [3.63, 3.8) is 0 Å². The Kier molecular flexibility index (Phi) is 4.91. The van der Waals surface area contributed by atoms with Crippen LogP contribution in [0.25, 0.3) is 0 Å². The van der Waals surface area contributed by atoms with Gasteiger partial charge in [-0.05, 0) is 12.3 Å². The van der Waals surface area contributed by atoms with Crippen molar-refractivity contribution in [1.29, 1.82) is 0 Å². The maximum Gasteiger partial charge on any atom is 0.136 e. The van der Waals surface area contributed by atoms with Crippen LogP contribution in [0.3, 0.4) is 0 Å². The van der Waals surface area contributed by atoms with E-state index >= 15 is 0 Å². The second-order valence-electron chi connectivity index (χ2n) is 2.96. The van der Waals surface area contributed by atoms with Gasteiger partial charge in [0, 0.05) is 12.8 Å². The van der Waals surface area contributed by atoms with Crippen molar-refractivity contribution in [3.05, 3.63) is 12.7 Å². The van der Waals surface area contributed by atoms with E-state index in [0.717, 1.165) is 6.42 Å². The number of hydrogen-bond donors (Lipinski definition) is 0. The van der Waals surface area contributed by atoms with E-state index in [9.17, 15) is 4.79 Å². The first kappa shape index (κ1) is 9.41. The van der Waals surface area contributed by atoms with Crippen LogP contribution in [0.1, 0.15) is 33.1 Å². The van der Waals surface area contributed by atoms with E-state index < -0.39 is 0 Å². The van der Waals surface area contributed by atoms with Gasteiger partial charge in [-0.15, -0.1) is 6.58 Å². The van der Waals surface area contributed by atoms with E-state index in [0.29, 0.717) is 24.5 Å². The van der Waals surface area contributed by atoms with E-state index in [1.807, 2.05) is 0 Å². The zero-order chi connectivity index (χ0) is 7.98. The van der Waals surface area contributed by atoms with Crippen molar-refractivity contribution in [2.75, 3.05) is 0 Å². The molecule has 0 aromatic rings. The summed E-state index contributed by atoms with van der Waals surface area (Å²) in [6.07, 6.45) is 3.92. The van der Waals surface area contributed by atoms with Gasteiger partial charge in [-0.1, -0.05) is 19.9 Å². The lowest BCUT2D eigenvalue weighted by atomic mass is 10.0. The molecule has 0 aromatic heterocycles. The summed E-state index contributed by atoms with van der Waals surface area (Å²) in [5, 5.41) is 0. The van der Waals surface area contributed by atoms with Crippen LogP contribution in [0.15, 0.2) is 12.7 Å². The molecule has 0 aromatic carbocycles. The van der Waals surface area contributed by atoms with Crippen molar-refractivity contribution in [3.8, 4) is 0 Å². The van der Waals surface area contributed by atoms with Crippen LogP contribution in [0.5, 0.6) is 0 Å². The zero-order valence-corrected chi connectivity index (χ0v) is 6.89. The Balaban J connectivity index is 3.30. The first-order valence-electron chi connectivity index (χ1n) is 3.79. The van der Waals surface area contributed by atoms with Gasteiger partial charge in [0.2, 0.25) is 0 Å². The van der Waals surface area contributed by atoms with E-state index in [2.05, 4.69) is 20.4 Å². The molecule has 58 valence electrons. The third-order valence-corrected chi connectivity index (χ3v) is 1.37. The molecule has 0 atom stereocenters. The summed E-state index contributed by atoms with van der Waals surface area (Å²) in [6.45, 7) is 7.76. The van der Waals surface area contributed by atoms with Crippen LogP contribution in [-0.4, -0.2) is 5.78 Å². The summed E-state index contributed by atoms with van der Waals surface area (Å²) in [6, 6.07) is 0. The summed E-state index contributed by atoms with van der Waals surface area (Å²) in [7, 11) is 0. The second-order valence-corrected chi connectivity index (χ2v) is 2.96. The predicted molar refractivity (Wildman–Crippen MR) is 43.9 cm³/mol. The molecule has 0 bridgehead atoms. The van der Waals surface area contributed by atoms with Crippen LogP contribution < -0.4 is 0 Å². The van der Waals surface area contributed by atoms with E-state index in [1.54, 1.807) is 6.08 Å². The quantitative estimate of drug-likeness (QED) is 0.536. The summed E-state index contributed by atoms with van der Waals surface area (Å²) in [5.74, 6) is 0.942. The molecule has 0 N–H and O–H groups in total. The van der Waals surface area contributed by atoms with Crippen molar-refractivity contribution < 1.29 is 4.79 Å². The summed E-state index contributed by atoms with van der Waals surface area (Å²) in [5.41, 5.74) is 0. The van der Waals surface area contributed by atoms with E-state index in [1.165, 1.54) is 0 Å². The van der Waals surface area contributed by atoms with Crippen LogP contribution in [0.2, 0.25) is 0 Å². The molecule has 10 heavy (non-hydrogen) atoms. The molecule has 0 saturated heterocycles. The van der Waals surface area contributed by atoms with Crippen LogP contribution in [-0.2, 0) is 4.79 Å². The molecule has 0 fully saturated rings. The van der Waals surface area contributed by atoms with Crippen LogP contribution >= 0.6 is 0 Å². The maximum absolute atomic E-state index is 10.9. The van der Waals surface area contributed by atoms with Gasteiger partial charge in [0.15, 0.2) is 0 Å². The van der Waals surface area contributed by atoms with Gasteiger partial charge in [0.1, 0.15) is 5.78 Å². The molecule has 0 rings (SSSR count). The number of ketones is 1. The second kappa shape index (κ2) is 5.21. The molecule has 0 aliphatic carbocycles. The minimum Gasteiger partial charge on any atom is -0.299 e. The number of carbonyl (C=O) groups is 1. The Bertz CT molecular complexity index is 114. The minimum atomic E-state index is 0.309. The van der Waals surface area contributed by atoms with Gasteiger partial charge in [0.05, 0.1) is 0 Å². The van der Waals surface area contributed by atoms with Crippen molar-refractivity contribution in [2.45, 2.75) is 33.1 Å². The summed E-state index contributed by atoms with van der Waals surface area (Å²) in [4.78, 5) is 10.9. The Morgan fingerprint density at radius 1 is 1.60 bits per heavy atom. The molecule has 0 spiro atoms. The van der Waals surface area contributed by atoms with Gasteiger partial charge in [-0.2, -0.15) is 0 Å². The predicted octanol–water partition coefficient (Wildman–Crippen LogP) is 2.57. The van der Waals surface area contributed by atoms with Gasteiger partial charge >= 0.3 is 0 Å².